The number of oxime groups is 1. The highest BCUT2D eigenvalue weighted by atomic mass is 16.7. The van der Waals surface area contributed by atoms with Gasteiger partial charge in [0.25, 0.3) is 5.69 Å². The molecule has 15 nitrogen and oxygen atoms in total. The van der Waals surface area contributed by atoms with Gasteiger partial charge in [0.05, 0.1) is 23.2 Å². The van der Waals surface area contributed by atoms with Crippen LogP contribution in [0.3, 0.4) is 0 Å². The highest BCUT2D eigenvalue weighted by Crippen LogP contribution is 2.62. The van der Waals surface area contributed by atoms with E-state index in [2.05, 4.69) is 23.6 Å². The molecule has 3 aromatic carbocycles. The number of amides is 1. The largest absolute Gasteiger partial charge is 0.492 e. The zero-order valence-electron chi connectivity index (χ0n) is 37.1. The van der Waals surface area contributed by atoms with E-state index in [4.69, 9.17) is 33.7 Å². The Morgan fingerprint density at radius 2 is 1.78 bits per heavy atom. The zero-order chi connectivity index (χ0) is 45.3. The van der Waals surface area contributed by atoms with Crippen molar-refractivity contribution in [3.8, 4) is 23.0 Å². The summed E-state index contributed by atoms with van der Waals surface area (Å²) in [7, 11) is 0. The first-order valence-electron chi connectivity index (χ1n) is 22.9. The molecular formula is C50H60N4O11. The lowest BCUT2D eigenvalue weighted by Crippen LogP contribution is -2.70. The average Bonchev–Trinajstić information content (AvgIpc) is 4.03. The lowest BCUT2D eigenvalue weighted by Gasteiger charge is -2.60. The minimum atomic E-state index is -1.48. The van der Waals surface area contributed by atoms with Gasteiger partial charge in [0.15, 0.2) is 11.5 Å². The summed E-state index contributed by atoms with van der Waals surface area (Å²) in [5.74, 6) is 0.115. The van der Waals surface area contributed by atoms with Crippen LogP contribution in [0.25, 0.3) is 6.08 Å². The SMILES string of the molecule is C=CCO[C@@]12Oc3ccc(OCCN4CC4)cc3[C@H]3[C@H](CCCCO)[C@@H](CCCCO)C=C(C(=NOCC)C[C@@H]1N(Cc1ccc4c(c1)OCO4)C(=O)C=Cc1ccc([N+](=O)[O-])cc1)[C@H]32. The van der Waals surface area contributed by atoms with Gasteiger partial charge in [0.1, 0.15) is 30.8 Å². The lowest BCUT2D eigenvalue weighted by atomic mass is 9.55. The van der Waals surface area contributed by atoms with Crippen LogP contribution in [0, 0.1) is 27.9 Å². The van der Waals surface area contributed by atoms with E-state index < -0.39 is 22.7 Å². The summed E-state index contributed by atoms with van der Waals surface area (Å²) in [5, 5.41) is 36.2. The number of ether oxygens (including phenoxy) is 5. The minimum absolute atomic E-state index is 0.0447. The summed E-state index contributed by atoms with van der Waals surface area (Å²) in [6, 6.07) is 16.8. The van der Waals surface area contributed by atoms with Gasteiger partial charge in [-0.05, 0) is 110 Å². The second kappa shape index (κ2) is 21.0. The van der Waals surface area contributed by atoms with Crippen LogP contribution in [0.15, 0.2) is 96.2 Å². The summed E-state index contributed by atoms with van der Waals surface area (Å²) < 4.78 is 32.4. The number of nitro groups is 1. The van der Waals surface area contributed by atoms with Crippen LogP contribution in [0.4, 0.5) is 5.69 Å². The number of allylic oxidation sites excluding steroid dienone is 1. The van der Waals surface area contributed by atoms with Crippen LogP contribution in [-0.4, -0.2) is 108 Å². The van der Waals surface area contributed by atoms with Gasteiger partial charge in [-0.3, -0.25) is 19.8 Å². The van der Waals surface area contributed by atoms with E-state index in [1.165, 1.54) is 18.2 Å². The van der Waals surface area contributed by atoms with Crippen molar-refractivity contribution in [2.75, 3.05) is 59.5 Å². The fraction of sp³-hybridized carbons (Fsp3) is 0.480. The second-order valence-corrected chi connectivity index (χ2v) is 17.2. The number of aliphatic hydroxyl groups excluding tert-OH is 2. The molecule has 346 valence electrons. The first-order valence-corrected chi connectivity index (χ1v) is 22.9. The summed E-state index contributed by atoms with van der Waals surface area (Å²) in [4.78, 5) is 36.1. The average molecular weight is 893 g/mol. The quantitative estimate of drug-likeness (QED) is 0.0241. The monoisotopic (exact) mass is 892 g/mol. The smallest absolute Gasteiger partial charge is 0.269 e. The molecule has 15 heteroatoms. The molecule has 5 aliphatic rings. The van der Waals surface area contributed by atoms with Gasteiger partial charge in [-0.1, -0.05) is 36.2 Å². The molecule has 0 bridgehead atoms. The first kappa shape index (κ1) is 45.8. The summed E-state index contributed by atoms with van der Waals surface area (Å²) in [6.07, 6.45) is 11.9. The Balaban J connectivity index is 1.30. The Hall–Kier alpha value is -5.74. The highest BCUT2D eigenvalue weighted by molar-refractivity contribution is 6.03. The predicted molar refractivity (Wildman–Crippen MR) is 244 cm³/mol. The molecule has 6 atom stereocenters. The standard InChI is InChI=1S/C50H60N4O11/c1-3-26-63-50-46(53(32-35-13-18-44-45(28-35)62-33-61-44)47(57)20-14-34-11-15-37(16-12-34)54(58)59)31-42(51-64-4-2)40-29-36(9-5-7-24-55)39(10-6-8-25-56)48(49(40)50)41-30-38(17-19-43(41)65-50)60-27-23-52-21-22-52/h3,11-20,28-30,36,39,46,48-49,55-56H,1,4-10,21-27,31-33H2,2H3/t36-,39+,46-,48+,49+,50+/m0/s1. The third-order valence-corrected chi connectivity index (χ3v) is 13.1. The summed E-state index contributed by atoms with van der Waals surface area (Å²) in [5.41, 5.74) is 3.94. The minimum Gasteiger partial charge on any atom is -0.492 e. The van der Waals surface area contributed by atoms with Crippen LogP contribution in [0.2, 0.25) is 0 Å². The molecule has 0 radical (unpaired) electrons. The number of carbonyl (C=O) groups is 1. The van der Waals surface area contributed by atoms with E-state index in [1.54, 1.807) is 29.2 Å². The van der Waals surface area contributed by atoms with E-state index in [0.29, 0.717) is 54.6 Å². The molecular weight excluding hydrogens is 833 g/mol. The molecule has 0 spiro atoms. The molecule has 1 saturated heterocycles. The molecule has 1 amide bonds. The Bertz CT molecular complexity index is 2260. The van der Waals surface area contributed by atoms with Crippen molar-refractivity contribution < 1.29 is 48.5 Å². The maximum atomic E-state index is 15.2. The molecule has 2 N–H and O–H groups in total. The molecule has 65 heavy (non-hydrogen) atoms. The molecule has 2 aliphatic carbocycles. The maximum Gasteiger partial charge on any atom is 0.269 e. The van der Waals surface area contributed by atoms with Gasteiger partial charge in [-0.15, -0.1) is 6.58 Å². The third-order valence-electron chi connectivity index (χ3n) is 13.1. The number of unbranched alkanes of at least 4 members (excludes halogenated alkanes) is 2. The Morgan fingerprint density at radius 3 is 2.52 bits per heavy atom. The topological polar surface area (TPSA) is 175 Å². The van der Waals surface area contributed by atoms with Crippen molar-refractivity contribution >= 4 is 23.4 Å². The zero-order valence-corrected chi connectivity index (χ0v) is 37.1. The van der Waals surface area contributed by atoms with Gasteiger partial charge in [0.2, 0.25) is 18.5 Å². The maximum absolute atomic E-state index is 15.2. The van der Waals surface area contributed by atoms with Crippen molar-refractivity contribution in [2.24, 2.45) is 22.9 Å². The van der Waals surface area contributed by atoms with Crippen LogP contribution in [0.1, 0.15) is 74.5 Å². The van der Waals surface area contributed by atoms with Gasteiger partial charge < -0.3 is 43.6 Å². The van der Waals surface area contributed by atoms with Crippen LogP contribution in [0.5, 0.6) is 23.0 Å². The molecule has 0 unspecified atom stereocenters. The molecule has 3 heterocycles. The lowest BCUT2D eigenvalue weighted by molar-refractivity contribution is -0.384. The molecule has 3 aromatic rings. The Morgan fingerprint density at radius 1 is 1.02 bits per heavy atom. The Kier molecular flexibility index (Phi) is 14.8. The Labute approximate surface area is 380 Å². The third kappa shape index (κ3) is 10.2. The predicted octanol–water partition coefficient (Wildman–Crippen LogP) is 7.41. The number of hydrogen-bond donors (Lipinski definition) is 2. The number of non-ortho nitro benzene ring substituents is 1. The van der Waals surface area contributed by atoms with Crippen molar-refractivity contribution in [1.82, 2.24) is 9.80 Å². The van der Waals surface area contributed by atoms with Gasteiger partial charge in [0, 0.05) is 75.5 Å². The molecule has 0 aromatic heterocycles. The van der Waals surface area contributed by atoms with E-state index in [1.807, 2.05) is 37.3 Å². The van der Waals surface area contributed by atoms with Crippen molar-refractivity contribution in [2.45, 2.75) is 76.2 Å². The van der Waals surface area contributed by atoms with Crippen LogP contribution >= 0.6 is 0 Å². The number of hydrogen-bond acceptors (Lipinski definition) is 13. The van der Waals surface area contributed by atoms with Crippen molar-refractivity contribution in [1.29, 1.82) is 0 Å². The molecule has 1 saturated carbocycles. The number of aliphatic hydroxyl groups is 2. The fourth-order valence-electron chi connectivity index (χ4n) is 10.0. The van der Waals surface area contributed by atoms with Gasteiger partial charge in [-0.25, -0.2) is 0 Å². The van der Waals surface area contributed by atoms with E-state index in [9.17, 15) is 20.3 Å². The van der Waals surface area contributed by atoms with Crippen molar-refractivity contribution in [3.63, 3.8) is 0 Å². The summed E-state index contributed by atoms with van der Waals surface area (Å²) in [6.45, 7) is 10.3. The number of nitro benzene ring substituents is 1. The van der Waals surface area contributed by atoms with Crippen LogP contribution in [-0.2, 0) is 20.9 Å². The number of fused-ring (bicyclic) bond motifs is 3. The number of carbonyl (C=O) groups excluding carboxylic acids is 1. The summed E-state index contributed by atoms with van der Waals surface area (Å²) >= 11 is 0. The van der Waals surface area contributed by atoms with Gasteiger partial charge in [-0.2, -0.15) is 0 Å². The van der Waals surface area contributed by atoms with E-state index in [-0.39, 0.29) is 68.9 Å². The fourth-order valence-corrected chi connectivity index (χ4v) is 10.0. The van der Waals surface area contributed by atoms with Crippen LogP contribution < -0.4 is 18.9 Å². The number of benzene rings is 3. The number of nitrogens with zero attached hydrogens (tertiary/aromatic N) is 4. The molecule has 8 rings (SSSR count). The first-order chi connectivity index (χ1) is 31.8. The molecule has 3 aliphatic heterocycles. The molecule has 2 fully saturated rings. The number of rotatable bonds is 23. The normalized spacial score (nSPS) is 24.4. The van der Waals surface area contributed by atoms with E-state index >= 15 is 4.79 Å². The highest BCUT2D eigenvalue weighted by Gasteiger charge is 2.65. The van der Waals surface area contributed by atoms with Gasteiger partial charge >= 0.3 is 0 Å². The van der Waals surface area contributed by atoms with E-state index in [0.717, 1.165) is 67.8 Å². The van der Waals surface area contributed by atoms with Crippen molar-refractivity contribution in [3.05, 3.63) is 118 Å². The second-order valence-electron chi connectivity index (χ2n) is 17.2.